The van der Waals surface area contributed by atoms with Gasteiger partial charge in [0.1, 0.15) is 0 Å². The maximum atomic E-state index is 11.4. The van der Waals surface area contributed by atoms with Gasteiger partial charge in [-0.05, 0) is 39.2 Å². The summed E-state index contributed by atoms with van der Waals surface area (Å²) in [7, 11) is 0. The summed E-state index contributed by atoms with van der Waals surface area (Å²) in [6.07, 6.45) is 5.62. The van der Waals surface area contributed by atoms with E-state index in [9.17, 15) is 4.79 Å². The van der Waals surface area contributed by atoms with Crippen LogP contribution in [0.15, 0.2) is 12.7 Å². The topological polar surface area (TPSA) is 20.3 Å². The van der Waals surface area contributed by atoms with Crippen LogP contribution in [0.2, 0.25) is 0 Å². The number of carbonyl (C=O) groups excluding carboxylic acids is 1. The lowest BCUT2D eigenvalue weighted by molar-refractivity contribution is -0.132. The number of piperidine rings is 1. The molecule has 0 unspecified atom stereocenters. The Morgan fingerprint density at radius 1 is 1.67 bits per heavy atom. The van der Waals surface area contributed by atoms with Crippen molar-refractivity contribution in [3.05, 3.63) is 19.1 Å². The van der Waals surface area contributed by atoms with Crippen molar-refractivity contribution in [1.82, 2.24) is 4.90 Å². The second-order valence-corrected chi connectivity index (χ2v) is 3.79. The summed E-state index contributed by atoms with van der Waals surface area (Å²) in [5.74, 6) is 0.0492. The largest absolute Gasteiger partial charge is 0.334 e. The van der Waals surface area contributed by atoms with Crippen LogP contribution in [0.25, 0.3) is 0 Å². The molecule has 0 atom stereocenters. The second kappa shape index (κ2) is 3.30. The van der Waals surface area contributed by atoms with Gasteiger partial charge < -0.3 is 4.90 Å². The molecular weight excluding hydrogens is 150 g/mol. The maximum absolute atomic E-state index is 11.4. The van der Waals surface area contributed by atoms with E-state index in [4.69, 9.17) is 0 Å². The van der Waals surface area contributed by atoms with Gasteiger partial charge in [0.2, 0.25) is 5.91 Å². The monoisotopic (exact) mass is 166 g/mol. The number of carbonyl (C=O) groups is 1. The molecule has 2 nitrogen and oxygen atoms in total. The molecule has 1 aliphatic heterocycles. The Balaban J connectivity index is 2.72. The van der Waals surface area contributed by atoms with Crippen molar-refractivity contribution in [2.45, 2.75) is 32.2 Å². The summed E-state index contributed by atoms with van der Waals surface area (Å²) >= 11 is 0. The SMILES string of the molecule is C=CC(=O)N1CC[CH]CC1(C)C. The van der Waals surface area contributed by atoms with E-state index in [0.29, 0.717) is 0 Å². The molecule has 0 spiro atoms. The van der Waals surface area contributed by atoms with Crippen LogP contribution in [0.4, 0.5) is 0 Å². The Morgan fingerprint density at radius 3 is 2.83 bits per heavy atom. The lowest BCUT2D eigenvalue weighted by Gasteiger charge is -2.41. The molecule has 1 aliphatic rings. The Morgan fingerprint density at radius 2 is 2.33 bits per heavy atom. The predicted molar refractivity (Wildman–Crippen MR) is 49.5 cm³/mol. The minimum absolute atomic E-state index is 0.0243. The van der Waals surface area contributed by atoms with Gasteiger partial charge in [0, 0.05) is 12.1 Å². The summed E-state index contributed by atoms with van der Waals surface area (Å²) in [6, 6.07) is 0. The fourth-order valence-corrected chi connectivity index (χ4v) is 1.61. The van der Waals surface area contributed by atoms with Crippen LogP contribution in [0.3, 0.4) is 0 Å². The highest BCUT2D eigenvalue weighted by molar-refractivity contribution is 5.87. The van der Waals surface area contributed by atoms with Crippen molar-refractivity contribution in [3.8, 4) is 0 Å². The molecule has 1 fully saturated rings. The van der Waals surface area contributed by atoms with Crippen molar-refractivity contribution in [2.24, 2.45) is 0 Å². The van der Waals surface area contributed by atoms with Crippen molar-refractivity contribution < 1.29 is 4.79 Å². The second-order valence-electron chi connectivity index (χ2n) is 3.79. The zero-order valence-corrected chi connectivity index (χ0v) is 7.84. The van der Waals surface area contributed by atoms with E-state index >= 15 is 0 Å². The van der Waals surface area contributed by atoms with Gasteiger partial charge >= 0.3 is 0 Å². The lowest BCUT2D eigenvalue weighted by Crippen LogP contribution is -2.50. The third-order valence-electron chi connectivity index (χ3n) is 2.37. The summed E-state index contributed by atoms with van der Waals surface area (Å²) in [4.78, 5) is 13.3. The summed E-state index contributed by atoms with van der Waals surface area (Å²) in [5.41, 5.74) is -0.0243. The Labute approximate surface area is 74.2 Å². The van der Waals surface area contributed by atoms with Gasteiger partial charge in [0.05, 0.1) is 0 Å². The fourth-order valence-electron chi connectivity index (χ4n) is 1.61. The van der Waals surface area contributed by atoms with Crippen molar-refractivity contribution >= 4 is 5.91 Å². The average molecular weight is 166 g/mol. The smallest absolute Gasteiger partial charge is 0.246 e. The van der Waals surface area contributed by atoms with Crippen LogP contribution < -0.4 is 0 Å². The van der Waals surface area contributed by atoms with E-state index in [1.54, 1.807) is 0 Å². The van der Waals surface area contributed by atoms with Gasteiger partial charge in [-0.1, -0.05) is 6.58 Å². The van der Waals surface area contributed by atoms with Crippen molar-refractivity contribution in [1.29, 1.82) is 0 Å². The summed E-state index contributed by atoms with van der Waals surface area (Å²) < 4.78 is 0. The molecule has 0 saturated carbocycles. The Hall–Kier alpha value is -0.790. The van der Waals surface area contributed by atoms with Crippen LogP contribution in [0, 0.1) is 6.42 Å². The van der Waals surface area contributed by atoms with E-state index < -0.39 is 0 Å². The quantitative estimate of drug-likeness (QED) is 0.544. The van der Waals surface area contributed by atoms with Gasteiger partial charge in [-0.15, -0.1) is 0 Å². The molecule has 0 aromatic rings. The van der Waals surface area contributed by atoms with E-state index in [2.05, 4.69) is 26.8 Å². The van der Waals surface area contributed by atoms with Crippen LogP contribution in [-0.2, 0) is 4.79 Å². The van der Waals surface area contributed by atoms with Crippen LogP contribution in [-0.4, -0.2) is 22.9 Å². The minimum Gasteiger partial charge on any atom is -0.334 e. The van der Waals surface area contributed by atoms with Gasteiger partial charge in [0.15, 0.2) is 0 Å². The first-order chi connectivity index (χ1) is 5.58. The normalized spacial score (nSPS) is 22.0. The van der Waals surface area contributed by atoms with Gasteiger partial charge in [0.25, 0.3) is 0 Å². The molecule has 0 aromatic heterocycles. The number of likely N-dealkylation sites (tertiary alicyclic amines) is 1. The molecular formula is C10H16NO. The first-order valence-electron chi connectivity index (χ1n) is 4.33. The molecule has 0 aliphatic carbocycles. The summed E-state index contributed by atoms with van der Waals surface area (Å²) in [6.45, 7) is 8.51. The third-order valence-corrected chi connectivity index (χ3v) is 2.37. The molecule has 12 heavy (non-hydrogen) atoms. The molecule has 1 saturated heterocycles. The molecule has 0 bridgehead atoms. The highest BCUT2D eigenvalue weighted by atomic mass is 16.2. The third kappa shape index (κ3) is 1.68. The van der Waals surface area contributed by atoms with E-state index in [1.807, 2.05) is 4.90 Å². The van der Waals surface area contributed by atoms with Gasteiger partial charge in [-0.25, -0.2) is 0 Å². The van der Waals surface area contributed by atoms with Crippen molar-refractivity contribution in [2.75, 3.05) is 6.54 Å². The number of hydrogen-bond acceptors (Lipinski definition) is 1. The molecule has 0 aromatic carbocycles. The molecule has 1 amide bonds. The number of hydrogen-bond donors (Lipinski definition) is 0. The number of rotatable bonds is 1. The van der Waals surface area contributed by atoms with E-state index in [-0.39, 0.29) is 11.4 Å². The number of nitrogens with zero attached hydrogens (tertiary/aromatic N) is 1. The highest BCUT2D eigenvalue weighted by Crippen LogP contribution is 2.26. The number of amides is 1. The maximum Gasteiger partial charge on any atom is 0.246 e. The molecule has 67 valence electrons. The fraction of sp³-hybridized carbons (Fsp3) is 0.600. The first-order valence-corrected chi connectivity index (χ1v) is 4.33. The van der Waals surface area contributed by atoms with E-state index in [1.165, 1.54) is 6.08 Å². The molecule has 1 heterocycles. The Bertz CT molecular complexity index is 196. The van der Waals surface area contributed by atoms with Gasteiger partial charge in [-0.2, -0.15) is 0 Å². The molecule has 1 radical (unpaired) electrons. The molecule has 0 N–H and O–H groups in total. The minimum atomic E-state index is -0.0243. The van der Waals surface area contributed by atoms with Gasteiger partial charge in [-0.3, -0.25) is 4.79 Å². The first kappa shape index (κ1) is 9.30. The molecule has 1 rings (SSSR count). The zero-order chi connectivity index (χ0) is 9.19. The summed E-state index contributed by atoms with van der Waals surface area (Å²) in [5, 5.41) is 0. The van der Waals surface area contributed by atoms with Crippen LogP contribution >= 0.6 is 0 Å². The van der Waals surface area contributed by atoms with Crippen molar-refractivity contribution in [3.63, 3.8) is 0 Å². The predicted octanol–water partition coefficient (Wildman–Crippen LogP) is 1.78. The van der Waals surface area contributed by atoms with E-state index in [0.717, 1.165) is 19.4 Å². The Kier molecular flexibility index (Phi) is 2.55. The zero-order valence-electron chi connectivity index (χ0n) is 7.84. The standard InChI is InChI=1S/C10H16NO/c1-4-9(12)11-8-6-5-7-10(11,2)3/h4-5H,1,6-8H2,2-3H3. The lowest BCUT2D eigenvalue weighted by atomic mass is 9.90. The van der Waals surface area contributed by atoms with Crippen LogP contribution in [0.5, 0.6) is 0 Å². The van der Waals surface area contributed by atoms with Crippen LogP contribution in [0.1, 0.15) is 26.7 Å². The average Bonchev–Trinajstić information content (AvgIpc) is 2.02. The highest BCUT2D eigenvalue weighted by Gasteiger charge is 2.31. The molecule has 2 heteroatoms.